The lowest BCUT2D eigenvalue weighted by Crippen LogP contribution is -2.36. The monoisotopic (exact) mass is 467 g/mol. The Hall–Kier alpha value is -2.03. The molecule has 0 spiro atoms. The molecule has 1 aromatic heterocycles. The molecule has 0 radical (unpaired) electrons. The molecular formula is C21H31Cl2N7O. The van der Waals surface area contributed by atoms with Crippen LogP contribution in [-0.4, -0.2) is 45.2 Å². The quantitative estimate of drug-likeness (QED) is 0.307. The second-order valence-corrected chi connectivity index (χ2v) is 8.51. The summed E-state index contributed by atoms with van der Waals surface area (Å²) in [5.41, 5.74) is 0.706. The van der Waals surface area contributed by atoms with Gasteiger partial charge in [-0.1, -0.05) is 37.3 Å². The zero-order valence-electron chi connectivity index (χ0n) is 17.5. The van der Waals surface area contributed by atoms with Crippen LogP contribution in [0.2, 0.25) is 5.02 Å². The zero-order chi connectivity index (χ0) is 20.8. The number of aromatic hydroxyl groups is 1. The van der Waals surface area contributed by atoms with Gasteiger partial charge in [0.2, 0.25) is 17.8 Å². The summed E-state index contributed by atoms with van der Waals surface area (Å²) in [6, 6.07) is 5.67. The van der Waals surface area contributed by atoms with Gasteiger partial charge in [0.1, 0.15) is 5.75 Å². The zero-order valence-corrected chi connectivity index (χ0v) is 19.1. The lowest BCUT2D eigenvalue weighted by Gasteiger charge is -2.24. The molecule has 2 aromatic rings. The van der Waals surface area contributed by atoms with Gasteiger partial charge < -0.3 is 26.4 Å². The molecule has 1 saturated carbocycles. The van der Waals surface area contributed by atoms with Gasteiger partial charge in [0.25, 0.3) is 0 Å². The lowest BCUT2D eigenvalue weighted by atomic mass is 10.1. The van der Waals surface area contributed by atoms with E-state index in [1.54, 1.807) is 18.2 Å². The number of nitrogens with zero attached hydrogens (tertiary/aromatic N) is 3. The van der Waals surface area contributed by atoms with Gasteiger partial charge in [0.15, 0.2) is 0 Å². The number of phenols is 1. The number of aromatic nitrogens is 3. The van der Waals surface area contributed by atoms with Gasteiger partial charge in [-0.2, -0.15) is 15.0 Å². The van der Waals surface area contributed by atoms with Crippen LogP contribution in [0.15, 0.2) is 18.2 Å². The first-order valence-corrected chi connectivity index (χ1v) is 11.3. The van der Waals surface area contributed by atoms with E-state index in [0.717, 1.165) is 38.8 Å². The van der Waals surface area contributed by atoms with Gasteiger partial charge >= 0.3 is 0 Å². The van der Waals surface area contributed by atoms with Crippen molar-refractivity contribution in [2.45, 2.75) is 63.5 Å². The number of benzene rings is 1. The number of halogens is 2. The summed E-state index contributed by atoms with van der Waals surface area (Å²) in [6.45, 7) is 1.99. The highest BCUT2D eigenvalue weighted by molar-refractivity contribution is 6.32. The van der Waals surface area contributed by atoms with Crippen molar-refractivity contribution < 1.29 is 5.11 Å². The molecule has 4 rings (SSSR count). The molecule has 170 valence electrons. The van der Waals surface area contributed by atoms with Crippen molar-refractivity contribution in [3.05, 3.63) is 23.2 Å². The van der Waals surface area contributed by atoms with Crippen LogP contribution in [0.5, 0.6) is 5.75 Å². The van der Waals surface area contributed by atoms with Crippen molar-refractivity contribution in [3.8, 4) is 5.75 Å². The maximum Gasteiger partial charge on any atom is 0.233 e. The number of nitrogens with one attached hydrogen (secondary N) is 4. The number of phenolic OH excluding ortho intramolecular Hbond substituents is 1. The molecule has 5 N–H and O–H groups in total. The third kappa shape index (κ3) is 6.98. The Morgan fingerprint density at radius 2 is 1.42 bits per heavy atom. The van der Waals surface area contributed by atoms with Crippen LogP contribution in [0.3, 0.4) is 0 Å². The van der Waals surface area contributed by atoms with Gasteiger partial charge in [-0.05, 0) is 57.0 Å². The molecule has 2 heterocycles. The van der Waals surface area contributed by atoms with Crippen LogP contribution in [0.4, 0.5) is 23.5 Å². The minimum atomic E-state index is 0. The van der Waals surface area contributed by atoms with Crippen LogP contribution in [-0.2, 0) is 0 Å². The third-order valence-electron chi connectivity index (χ3n) is 5.70. The number of rotatable bonds is 6. The van der Waals surface area contributed by atoms with Crippen molar-refractivity contribution in [2.75, 3.05) is 29.0 Å². The molecule has 8 nitrogen and oxygen atoms in total. The second-order valence-electron chi connectivity index (χ2n) is 8.10. The van der Waals surface area contributed by atoms with Gasteiger partial charge in [-0.15, -0.1) is 12.4 Å². The van der Waals surface area contributed by atoms with E-state index in [-0.39, 0.29) is 23.2 Å². The molecule has 1 aliphatic carbocycles. The minimum absolute atomic E-state index is 0. The summed E-state index contributed by atoms with van der Waals surface area (Å²) in [6.07, 6.45) is 9.41. The van der Waals surface area contributed by atoms with Crippen molar-refractivity contribution >= 4 is 47.5 Å². The third-order valence-corrected chi connectivity index (χ3v) is 6.00. The smallest absolute Gasteiger partial charge is 0.233 e. The molecule has 0 amide bonds. The van der Waals surface area contributed by atoms with E-state index in [4.69, 9.17) is 11.6 Å². The van der Waals surface area contributed by atoms with Gasteiger partial charge in [0.05, 0.1) is 5.02 Å². The van der Waals surface area contributed by atoms with Crippen molar-refractivity contribution in [1.82, 2.24) is 20.3 Å². The number of anilines is 4. The Kier molecular flexibility index (Phi) is 8.80. The van der Waals surface area contributed by atoms with E-state index >= 15 is 0 Å². The lowest BCUT2D eigenvalue weighted by molar-refractivity contribution is 0.475. The molecule has 1 saturated heterocycles. The van der Waals surface area contributed by atoms with Crippen LogP contribution < -0.4 is 21.3 Å². The molecule has 0 bridgehead atoms. The summed E-state index contributed by atoms with van der Waals surface area (Å²) < 4.78 is 0. The fraction of sp³-hybridized carbons (Fsp3) is 0.571. The van der Waals surface area contributed by atoms with E-state index in [2.05, 4.69) is 36.2 Å². The summed E-state index contributed by atoms with van der Waals surface area (Å²) in [7, 11) is 0. The Labute approximate surface area is 194 Å². The SMILES string of the molecule is Cl.Oc1ccc(Nc2nc(NC3CCCCCC3)nc(NC3CCNCC3)n2)cc1Cl. The van der Waals surface area contributed by atoms with Crippen LogP contribution in [0.25, 0.3) is 0 Å². The molecule has 31 heavy (non-hydrogen) atoms. The first-order chi connectivity index (χ1) is 14.7. The Morgan fingerprint density at radius 3 is 2.03 bits per heavy atom. The van der Waals surface area contributed by atoms with E-state index in [1.165, 1.54) is 25.7 Å². The minimum Gasteiger partial charge on any atom is -0.506 e. The largest absolute Gasteiger partial charge is 0.506 e. The molecular weight excluding hydrogens is 437 g/mol. The number of hydrogen-bond donors (Lipinski definition) is 5. The van der Waals surface area contributed by atoms with Gasteiger partial charge in [-0.25, -0.2) is 0 Å². The van der Waals surface area contributed by atoms with E-state index < -0.39 is 0 Å². The molecule has 0 unspecified atom stereocenters. The summed E-state index contributed by atoms with van der Waals surface area (Å²) in [5.74, 6) is 1.64. The topological polar surface area (TPSA) is 107 Å². The average molecular weight is 468 g/mol. The highest BCUT2D eigenvalue weighted by Gasteiger charge is 2.18. The van der Waals surface area contributed by atoms with Crippen molar-refractivity contribution in [3.63, 3.8) is 0 Å². The summed E-state index contributed by atoms with van der Waals surface area (Å²) in [5, 5.41) is 23.5. The van der Waals surface area contributed by atoms with Gasteiger partial charge in [-0.3, -0.25) is 0 Å². The summed E-state index contributed by atoms with van der Waals surface area (Å²) in [4.78, 5) is 13.8. The average Bonchev–Trinajstić information content (AvgIpc) is 3.00. The normalized spacial score (nSPS) is 18.0. The Bertz CT molecular complexity index is 840. The van der Waals surface area contributed by atoms with E-state index in [1.807, 2.05) is 0 Å². The standard InChI is InChI=1S/C21H30ClN7O.ClH/c22-17-13-16(7-8-18(17)30)26-21-28-19(24-14-5-3-1-2-4-6-14)27-20(29-21)25-15-9-11-23-12-10-15;/h7-8,13-15,23,30H,1-6,9-12H2,(H3,24,25,26,27,28,29);1H. The van der Waals surface area contributed by atoms with E-state index in [9.17, 15) is 5.11 Å². The second kappa shape index (κ2) is 11.5. The Balaban J connectivity index is 0.00000272. The number of hydrogen-bond acceptors (Lipinski definition) is 8. The van der Waals surface area contributed by atoms with Crippen molar-refractivity contribution in [2.24, 2.45) is 0 Å². The van der Waals surface area contributed by atoms with Crippen molar-refractivity contribution in [1.29, 1.82) is 0 Å². The molecule has 2 fully saturated rings. The predicted octanol–water partition coefficient (Wildman–Crippen LogP) is 4.69. The van der Waals surface area contributed by atoms with E-state index in [0.29, 0.717) is 35.6 Å². The number of piperidine rings is 1. The molecule has 10 heteroatoms. The van der Waals surface area contributed by atoms with Crippen LogP contribution in [0.1, 0.15) is 51.4 Å². The molecule has 2 aliphatic rings. The first-order valence-electron chi connectivity index (χ1n) is 10.9. The maximum atomic E-state index is 9.66. The highest BCUT2D eigenvalue weighted by atomic mass is 35.5. The fourth-order valence-corrected chi connectivity index (χ4v) is 4.21. The van der Waals surface area contributed by atoms with Crippen LogP contribution >= 0.6 is 24.0 Å². The maximum absolute atomic E-state index is 9.66. The first kappa shape index (κ1) is 23.6. The van der Waals surface area contributed by atoms with Crippen LogP contribution in [0, 0.1) is 0 Å². The molecule has 0 atom stereocenters. The molecule has 1 aromatic carbocycles. The fourth-order valence-electron chi connectivity index (χ4n) is 4.03. The summed E-state index contributed by atoms with van der Waals surface area (Å²) >= 11 is 6.04. The Morgan fingerprint density at radius 1 is 0.839 bits per heavy atom. The highest BCUT2D eigenvalue weighted by Crippen LogP contribution is 2.28. The predicted molar refractivity (Wildman–Crippen MR) is 128 cm³/mol. The van der Waals surface area contributed by atoms with Gasteiger partial charge in [0, 0.05) is 17.8 Å². The molecule has 1 aliphatic heterocycles.